The third-order valence-corrected chi connectivity index (χ3v) is 4.06. The van der Waals surface area contributed by atoms with Crippen LogP contribution in [0.15, 0.2) is 18.2 Å². The summed E-state index contributed by atoms with van der Waals surface area (Å²) in [5.41, 5.74) is 2.85. The van der Waals surface area contributed by atoms with Crippen molar-refractivity contribution in [3.63, 3.8) is 0 Å². The van der Waals surface area contributed by atoms with Crippen LogP contribution in [0.3, 0.4) is 0 Å². The first kappa shape index (κ1) is 10.7. The van der Waals surface area contributed by atoms with Gasteiger partial charge in [-0.3, -0.25) is 0 Å². The minimum Gasteiger partial charge on any atom is -0.140 e. The van der Waals surface area contributed by atoms with Crippen LogP contribution in [-0.2, 0) is 6.42 Å². The van der Waals surface area contributed by atoms with E-state index in [-0.39, 0.29) is 0 Å². The molecule has 80 valence electrons. The van der Waals surface area contributed by atoms with Gasteiger partial charge in [-0.05, 0) is 48.8 Å². The summed E-state index contributed by atoms with van der Waals surface area (Å²) < 4.78 is 1.45. The average Bonchev–Trinajstić information content (AvgIpc) is 2.42. The molecule has 0 radical (unpaired) electrons. The molecule has 2 rings (SSSR count). The molecular weight excluding hydrogens is 200 g/mol. The Bertz CT molecular complexity index is 477. The molecule has 0 atom stereocenters. The lowest BCUT2D eigenvalue weighted by molar-refractivity contribution is 0.652. The maximum Gasteiger partial charge on any atom is 0.0351 e. The minimum atomic E-state index is 0.748. The van der Waals surface area contributed by atoms with E-state index in [9.17, 15) is 0 Å². The number of aryl methyl sites for hydroxylation is 2. The van der Waals surface area contributed by atoms with Crippen LogP contribution in [0.1, 0.15) is 29.9 Å². The Hall–Kier alpha value is -0.820. The first-order chi connectivity index (χ1) is 7.08. The normalized spacial score (nSPS) is 11.5. The van der Waals surface area contributed by atoms with Crippen LogP contribution in [0.4, 0.5) is 0 Å². The summed E-state index contributed by atoms with van der Waals surface area (Å²) in [7, 11) is 0. The molecule has 0 spiro atoms. The molecule has 0 saturated heterocycles. The molecule has 0 nitrogen and oxygen atoms in total. The molecule has 1 heteroatoms. The number of fused-ring (bicyclic) bond motifs is 1. The highest BCUT2D eigenvalue weighted by atomic mass is 32.1. The van der Waals surface area contributed by atoms with Gasteiger partial charge in [-0.1, -0.05) is 26.0 Å². The fourth-order valence-electron chi connectivity index (χ4n) is 1.95. The van der Waals surface area contributed by atoms with E-state index in [1.165, 1.54) is 27.6 Å². The van der Waals surface area contributed by atoms with E-state index in [4.69, 9.17) is 0 Å². The molecule has 0 aliphatic heterocycles. The van der Waals surface area contributed by atoms with Crippen molar-refractivity contribution in [2.75, 3.05) is 0 Å². The summed E-state index contributed by atoms with van der Waals surface area (Å²) in [6, 6.07) is 6.78. The minimum absolute atomic E-state index is 0.748. The smallest absolute Gasteiger partial charge is 0.0351 e. The van der Waals surface area contributed by atoms with Crippen LogP contribution >= 0.6 is 11.3 Å². The fourth-order valence-corrected chi connectivity index (χ4v) is 3.47. The summed E-state index contributed by atoms with van der Waals surface area (Å²) in [6.45, 7) is 8.99. The van der Waals surface area contributed by atoms with Gasteiger partial charge in [0, 0.05) is 9.58 Å². The molecule has 15 heavy (non-hydrogen) atoms. The summed E-state index contributed by atoms with van der Waals surface area (Å²) in [5, 5.41) is 1.45. The second-order valence-corrected chi connectivity index (χ2v) is 5.88. The number of benzene rings is 1. The highest BCUT2D eigenvalue weighted by molar-refractivity contribution is 7.19. The second kappa shape index (κ2) is 3.97. The molecule has 0 fully saturated rings. The summed E-state index contributed by atoms with van der Waals surface area (Å²) >= 11 is 1.97. The van der Waals surface area contributed by atoms with E-state index in [1.807, 2.05) is 11.3 Å². The van der Waals surface area contributed by atoms with Gasteiger partial charge in [0.15, 0.2) is 0 Å². The van der Waals surface area contributed by atoms with Gasteiger partial charge in [0.25, 0.3) is 0 Å². The molecule has 0 amide bonds. The van der Waals surface area contributed by atoms with Crippen LogP contribution in [-0.4, -0.2) is 0 Å². The van der Waals surface area contributed by atoms with Gasteiger partial charge in [-0.2, -0.15) is 0 Å². The van der Waals surface area contributed by atoms with Gasteiger partial charge in [0.1, 0.15) is 0 Å². The maximum absolute atomic E-state index is 2.30. The Morgan fingerprint density at radius 1 is 1.20 bits per heavy atom. The summed E-state index contributed by atoms with van der Waals surface area (Å²) in [6.07, 6.45) is 1.21. The molecule has 0 bridgehead atoms. The molecule has 1 heterocycles. The number of hydrogen-bond donors (Lipinski definition) is 0. The van der Waals surface area contributed by atoms with Crippen molar-refractivity contribution in [2.45, 2.75) is 34.1 Å². The fraction of sp³-hybridized carbons (Fsp3) is 0.429. The molecule has 0 saturated carbocycles. The Morgan fingerprint density at radius 3 is 2.60 bits per heavy atom. The SMILES string of the molecule is Cc1ccc2c(C)c(CC(C)C)sc2c1. The highest BCUT2D eigenvalue weighted by Crippen LogP contribution is 2.32. The van der Waals surface area contributed by atoms with Crippen molar-refractivity contribution >= 4 is 21.4 Å². The van der Waals surface area contributed by atoms with Gasteiger partial charge in [-0.15, -0.1) is 11.3 Å². The molecule has 0 unspecified atom stereocenters. The van der Waals surface area contributed by atoms with Crippen molar-refractivity contribution in [3.8, 4) is 0 Å². The van der Waals surface area contributed by atoms with Gasteiger partial charge in [-0.25, -0.2) is 0 Å². The van der Waals surface area contributed by atoms with Crippen LogP contribution in [0.2, 0.25) is 0 Å². The van der Waals surface area contributed by atoms with E-state index < -0.39 is 0 Å². The molecule has 0 N–H and O–H groups in total. The van der Waals surface area contributed by atoms with E-state index in [0.29, 0.717) is 0 Å². The molecule has 0 aliphatic carbocycles. The van der Waals surface area contributed by atoms with Gasteiger partial charge >= 0.3 is 0 Å². The second-order valence-electron chi connectivity index (χ2n) is 4.75. The van der Waals surface area contributed by atoms with Crippen molar-refractivity contribution in [1.29, 1.82) is 0 Å². The van der Waals surface area contributed by atoms with E-state index >= 15 is 0 Å². The zero-order chi connectivity index (χ0) is 11.0. The van der Waals surface area contributed by atoms with E-state index in [0.717, 1.165) is 5.92 Å². The predicted molar refractivity (Wildman–Crippen MR) is 69.8 cm³/mol. The third-order valence-electron chi connectivity index (χ3n) is 2.79. The zero-order valence-electron chi connectivity index (χ0n) is 9.92. The van der Waals surface area contributed by atoms with Crippen LogP contribution in [0, 0.1) is 19.8 Å². The van der Waals surface area contributed by atoms with Crippen LogP contribution < -0.4 is 0 Å². The van der Waals surface area contributed by atoms with Gasteiger partial charge in [0.05, 0.1) is 0 Å². The van der Waals surface area contributed by atoms with Crippen LogP contribution in [0.5, 0.6) is 0 Å². The quantitative estimate of drug-likeness (QED) is 0.684. The number of hydrogen-bond acceptors (Lipinski definition) is 1. The number of thiophene rings is 1. The Balaban J connectivity index is 2.54. The summed E-state index contributed by atoms with van der Waals surface area (Å²) in [5.74, 6) is 0.748. The largest absolute Gasteiger partial charge is 0.140 e. The lowest BCUT2D eigenvalue weighted by atomic mass is 10.0. The molecule has 2 aromatic rings. The first-order valence-corrected chi connectivity index (χ1v) is 6.38. The number of rotatable bonds is 2. The Morgan fingerprint density at radius 2 is 1.93 bits per heavy atom. The molecular formula is C14H18S. The van der Waals surface area contributed by atoms with E-state index in [1.54, 1.807) is 4.88 Å². The molecule has 1 aromatic carbocycles. The summed E-state index contributed by atoms with van der Waals surface area (Å²) in [4.78, 5) is 1.56. The van der Waals surface area contributed by atoms with E-state index in [2.05, 4.69) is 45.9 Å². The van der Waals surface area contributed by atoms with Crippen molar-refractivity contribution in [2.24, 2.45) is 5.92 Å². The topological polar surface area (TPSA) is 0 Å². The van der Waals surface area contributed by atoms with Crippen molar-refractivity contribution in [3.05, 3.63) is 34.2 Å². The lowest BCUT2D eigenvalue weighted by Crippen LogP contribution is -1.92. The van der Waals surface area contributed by atoms with Crippen molar-refractivity contribution < 1.29 is 0 Å². The standard InChI is InChI=1S/C14H18S/c1-9(2)7-13-11(4)12-6-5-10(3)8-14(12)15-13/h5-6,8-9H,7H2,1-4H3. The first-order valence-electron chi connectivity index (χ1n) is 5.56. The monoisotopic (exact) mass is 218 g/mol. The Labute approximate surface area is 95.9 Å². The molecule has 0 aliphatic rings. The zero-order valence-corrected chi connectivity index (χ0v) is 10.7. The predicted octanol–water partition coefficient (Wildman–Crippen LogP) is 4.72. The van der Waals surface area contributed by atoms with Gasteiger partial charge in [0.2, 0.25) is 0 Å². The third kappa shape index (κ3) is 2.07. The highest BCUT2D eigenvalue weighted by Gasteiger charge is 2.09. The molecule has 1 aromatic heterocycles. The van der Waals surface area contributed by atoms with Crippen LogP contribution in [0.25, 0.3) is 10.1 Å². The van der Waals surface area contributed by atoms with Crippen molar-refractivity contribution in [1.82, 2.24) is 0 Å². The average molecular weight is 218 g/mol. The Kier molecular flexibility index (Phi) is 2.83. The van der Waals surface area contributed by atoms with Gasteiger partial charge < -0.3 is 0 Å². The maximum atomic E-state index is 2.30. The lowest BCUT2D eigenvalue weighted by Gasteiger charge is -2.02.